The van der Waals surface area contributed by atoms with E-state index in [1.165, 1.54) is 111 Å². The molecule has 2 unspecified atom stereocenters. The maximum atomic E-state index is 2.75. The van der Waals surface area contributed by atoms with Crippen molar-refractivity contribution in [3.05, 3.63) is 358 Å². The number of fused-ring (bicyclic) bond motifs is 10. The molecule has 0 spiro atoms. The van der Waals surface area contributed by atoms with Crippen LogP contribution < -0.4 is 19.6 Å². The van der Waals surface area contributed by atoms with Gasteiger partial charge in [0, 0.05) is 78.5 Å². The van der Waals surface area contributed by atoms with Crippen LogP contribution in [0.3, 0.4) is 0 Å². The molecule has 0 amide bonds. The average Bonchev–Trinajstić information content (AvgIpc) is 1.46. The highest BCUT2D eigenvalue weighted by Crippen LogP contribution is 2.77. The Balaban J connectivity index is 1.08. The van der Waals surface area contributed by atoms with Gasteiger partial charge in [-0.2, -0.15) is 0 Å². The maximum Gasteiger partial charge on any atom is 0.0543 e. The molecule has 2 atom stereocenters. The Bertz CT molecular complexity index is 6070. The third-order valence-electron chi connectivity index (χ3n) is 29.4. The summed E-state index contributed by atoms with van der Waals surface area (Å²) in [5, 5.41) is 4.82. The van der Waals surface area contributed by atoms with Gasteiger partial charge in [0.2, 0.25) is 0 Å². The molecule has 22 rings (SSSR count). The third-order valence-corrected chi connectivity index (χ3v) is 29.4. The molecule has 0 radical (unpaired) electrons. The van der Waals surface area contributed by atoms with E-state index in [1.807, 2.05) is 0 Å². The van der Waals surface area contributed by atoms with Crippen LogP contribution in [0.1, 0.15) is 260 Å². The van der Waals surface area contributed by atoms with Crippen molar-refractivity contribution in [3.8, 4) is 22.3 Å². The Hall–Kier alpha value is -11.2. The summed E-state index contributed by atoms with van der Waals surface area (Å²) in [6.45, 7) is 63.4. The summed E-state index contributed by atoms with van der Waals surface area (Å²) >= 11 is 0. The van der Waals surface area contributed by atoms with Crippen LogP contribution in [0.25, 0.3) is 43.8 Å². The van der Waals surface area contributed by atoms with Crippen molar-refractivity contribution in [2.24, 2.45) is 10.8 Å². The first-order chi connectivity index (χ1) is 58.2. The minimum absolute atomic E-state index is 0.0671. The van der Waals surface area contributed by atoms with E-state index in [0.717, 1.165) is 81.1 Å². The van der Waals surface area contributed by atoms with E-state index in [1.54, 1.807) is 0 Å². The molecular weight excluding hydrogens is 1500 g/mol. The molecule has 6 aliphatic heterocycles. The van der Waals surface area contributed by atoms with E-state index < -0.39 is 21.7 Å². The van der Waals surface area contributed by atoms with E-state index >= 15 is 0 Å². The molecule has 4 heteroatoms. The van der Waals surface area contributed by atoms with Crippen LogP contribution in [0.2, 0.25) is 0 Å². The number of anilines is 12. The SMILES string of the molecule is CC(C)(C)c1ccc(N2c3ccc(cc3)C(C)(C)CC(C)(C)c3ccc(cc3)N(c3ccc(C(C)(C)C)cc3)c3cc4c(c5ccccc35)-c3ccc5cc3C4(C(C)(C)C)C3(C(C)(C)C)c4cc2ccc4-c2c3cc(c3ccccc23)N(c2ccc(C(C)(C)C)cc2)c2ccc(cc2)C(C)(C)CC(C)(C)c2ccc(cc2)N5c2ccc(C(C)(C)C)cc2)cc1. The standard InChI is InChI=1S/C120H130N4/c1-109(2,3)77-35-51-85(52-36-77)121-87-59-43-81(44-60-87)115(19,20)75-117(23,24)83-47-63-92(64-48-83)124(90-57-41-80(42-58-90)112(10,11)12)106-74-104-108(98-34-30-28-32-96(98)106)100-70-68-94-72-102(100)120(104,114(16,17)18)119(113(13,14)15)101-71-93(121)67-69-99(101)107-97-33-29-27-31-95(97)105(73-103(107)119)123(89-55-39-79(40-56-89)111(7,8)9)91-65-49-84(50-66-91)118(25,26)76-116(21,22)82-45-61-88(62-46-82)122(94)86-53-37-78(38-54-86)110(4,5)6/h27-74H,75-76H2,1-26H3. The van der Waals surface area contributed by atoms with Gasteiger partial charge < -0.3 is 19.6 Å². The Morgan fingerprint density at radius 1 is 0.210 bits per heavy atom. The molecule has 6 heterocycles. The quantitative estimate of drug-likeness (QED) is 0.174. The van der Waals surface area contributed by atoms with Crippen LogP contribution in [0.15, 0.2) is 291 Å². The van der Waals surface area contributed by atoms with Gasteiger partial charge in [0.25, 0.3) is 0 Å². The summed E-state index contributed by atoms with van der Waals surface area (Å²) in [4.78, 5) is 10.4. The van der Waals surface area contributed by atoms with E-state index in [2.05, 4.69) is 491 Å². The molecule has 630 valence electrons. The number of benzene rings is 14. The predicted octanol–water partition coefficient (Wildman–Crippen LogP) is 34.3. The fraction of sp³-hybridized carbons (Fsp3) is 0.333. The Labute approximate surface area is 742 Å². The predicted molar refractivity (Wildman–Crippen MR) is 534 cm³/mol. The van der Waals surface area contributed by atoms with Crippen molar-refractivity contribution in [3.63, 3.8) is 0 Å². The van der Waals surface area contributed by atoms with Crippen LogP contribution in [0, 0.1) is 10.8 Å². The smallest absolute Gasteiger partial charge is 0.0543 e. The summed E-state index contributed by atoms with van der Waals surface area (Å²) in [7, 11) is 0. The molecule has 16 bridgehead atoms. The van der Waals surface area contributed by atoms with Gasteiger partial charge in [-0.05, 0) is 300 Å². The van der Waals surface area contributed by atoms with E-state index in [9.17, 15) is 0 Å². The number of nitrogens with zero attached hydrogens (tertiary/aromatic N) is 4. The van der Waals surface area contributed by atoms with Gasteiger partial charge in [-0.1, -0.05) is 338 Å². The molecule has 14 aromatic carbocycles. The van der Waals surface area contributed by atoms with E-state index in [0.29, 0.717) is 0 Å². The molecule has 2 aliphatic carbocycles. The molecule has 0 N–H and O–H groups in total. The summed E-state index contributed by atoms with van der Waals surface area (Å²) in [6.07, 6.45) is 1.85. The Morgan fingerprint density at radius 3 is 0.645 bits per heavy atom. The van der Waals surface area contributed by atoms with Gasteiger partial charge in [0.1, 0.15) is 0 Å². The zero-order valence-corrected chi connectivity index (χ0v) is 78.9. The molecule has 4 nitrogen and oxygen atoms in total. The second-order valence-corrected chi connectivity index (χ2v) is 45.8. The summed E-state index contributed by atoms with van der Waals surface area (Å²) in [6, 6.07) is 117. The first-order valence-corrected chi connectivity index (χ1v) is 45.7. The van der Waals surface area contributed by atoms with Crippen molar-refractivity contribution in [1.29, 1.82) is 0 Å². The van der Waals surface area contributed by atoms with Gasteiger partial charge in [-0.15, -0.1) is 0 Å². The minimum Gasteiger partial charge on any atom is -0.310 e. The lowest BCUT2D eigenvalue weighted by atomic mass is 9.39. The molecule has 0 aromatic heterocycles. The molecule has 0 saturated heterocycles. The monoisotopic (exact) mass is 1630 g/mol. The van der Waals surface area contributed by atoms with Crippen molar-refractivity contribution in [2.75, 3.05) is 19.6 Å². The largest absolute Gasteiger partial charge is 0.310 e. The topological polar surface area (TPSA) is 13.0 Å². The van der Waals surface area contributed by atoms with Crippen LogP contribution >= 0.6 is 0 Å². The van der Waals surface area contributed by atoms with Crippen LogP contribution in [0.5, 0.6) is 0 Å². The lowest BCUT2D eigenvalue weighted by Crippen LogP contribution is -2.62. The van der Waals surface area contributed by atoms with Gasteiger partial charge >= 0.3 is 0 Å². The fourth-order valence-corrected chi connectivity index (χ4v) is 23.5. The maximum absolute atomic E-state index is 2.75. The number of rotatable bonds is 4. The second kappa shape index (κ2) is 28.7. The molecular formula is C120H130N4. The highest BCUT2D eigenvalue weighted by Gasteiger charge is 2.71. The van der Waals surface area contributed by atoms with Gasteiger partial charge in [0.05, 0.1) is 11.4 Å². The summed E-state index contributed by atoms with van der Waals surface area (Å²) < 4.78 is 0. The van der Waals surface area contributed by atoms with Gasteiger partial charge in [-0.25, -0.2) is 0 Å². The number of hydrogen-bond acceptors (Lipinski definition) is 4. The first-order valence-electron chi connectivity index (χ1n) is 45.7. The molecule has 124 heavy (non-hydrogen) atoms. The lowest BCUT2D eigenvalue weighted by molar-refractivity contribution is 0.0595. The van der Waals surface area contributed by atoms with Crippen LogP contribution in [-0.2, 0) is 54.1 Å². The van der Waals surface area contributed by atoms with Gasteiger partial charge in [-0.3, -0.25) is 0 Å². The molecule has 0 fully saturated rings. The molecule has 0 saturated carbocycles. The zero-order chi connectivity index (χ0) is 88.1. The van der Waals surface area contributed by atoms with Crippen LogP contribution in [-0.4, -0.2) is 0 Å². The van der Waals surface area contributed by atoms with E-state index in [4.69, 9.17) is 0 Å². The van der Waals surface area contributed by atoms with Gasteiger partial charge in [0.15, 0.2) is 0 Å². The first kappa shape index (κ1) is 83.7. The molecule has 8 aliphatic rings. The van der Waals surface area contributed by atoms with Crippen molar-refractivity contribution in [1.82, 2.24) is 0 Å². The fourth-order valence-electron chi connectivity index (χ4n) is 23.5. The lowest BCUT2D eigenvalue weighted by Gasteiger charge is -2.62. The average molecular weight is 1630 g/mol. The van der Waals surface area contributed by atoms with Crippen molar-refractivity contribution < 1.29 is 0 Å². The highest BCUT2D eigenvalue weighted by atomic mass is 15.2. The summed E-state index contributed by atoms with van der Waals surface area (Å²) in [5.41, 5.74) is 29.6. The zero-order valence-electron chi connectivity index (χ0n) is 78.9. The molecule has 14 aromatic rings. The number of hydrogen-bond donors (Lipinski definition) is 0. The second-order valence-electron chi connectivity index (χ2n) is 45.8. The summed E-state index contributed by atoms with van der Waals surface area (Å²) in [5.74, 6) is 0. The highest BCUT2D eigenvalue weighted by molar-refractivity contribution is 6.14. The van der Waals surface area contributed by atoms with Crippen LogP contribution in [0.4, 0.5) is 68.2 Å². The minimum atomic E-state index is -1.00. The van der Waals surface area contributed by atoms with E-state index in [-0.39, 0.29) is 43.3 Å². The van der Waals surface area contributed by atoms with Crippen molar-refractivity contribution >= 4 is 89.8 Å². The third kappa shape index (κ3) is 13.4. The normalized spacial score (nSPS) is 18.4. The Morgan fingerprint density at radius 2 is 0.419 bits per heavy atom. The van der Waals surface area contributed by atoms with Crippen molar-refractivity contribution in [2.45, 2.75) is 247 Å². The Kier molecular flexibility index (Phi) is 19.3.